The summed E-state index contributed by atoms with van der Waals surface area (Å²) in [5, 5.41) is 12.0. The number of carbonyl (C=O) groups is 3. The maximum absolute atomic E-state index is 13.3. The van der Waals surface area contributed by atoms with Crippen molar-refractivity contribution in [2.24, 2.45) is 0 Å². The third-order valence-electron chi connectivity index (χ3n) is 5.27. The quantitative estimate of drug-likeness (QED) is 0.198. The zero-order valence-corrected chi connectivity index (χ0v) is 21.7. The van der Waals surface area contributed by atoms with E-state index in [-0.39, 0.29) is 17.4 Å². The molecule has 0 aliphatic rings. The first kappa shape index (κ1) is 26.4. The Labute approximate surface area is 224 Å². The van der Waals surface area contributed by atoms with Gasteiger partial charge in [0.25, 0.3) is 11.8 Å². The highest BCUT2D eigenvalue weighted by Crippen LogP contribution is 2.22. The SMILES string of the molecule is Cc1ccc(/C=C(\NC(=O)c2ccccc2)C(=O)Nc2cccc(SCC(=O)Nc3cc(C)on3)c2)cc1. The highest BCUT2D eigenvalue weighted by Gasteiger charge is 2.15. The number of aryl methyl sites for hydroxylation is 2. The molecule has 4 rings (SSSR count). The van der Waals surface area contributed by atoms with Crippen LogP contribution in [0.25, 0.3) is 6.08 Å². The predicted molar refractivity (Wildman–Crippen MR) is 149 cm³/mol. The van der Waals surface area contributed by atoms with Crippen molar-refractivity contribution in [3.05, 3.63) is 113 Å². The van der Waals surface area contributed by atoms with Crippen LogP contribution in [0, 0.1) is 13.8 Å². The molecule has 0 bridgehead atoms. The lowest BCUT2D eigenvalue weighted by Crippen LogP contribution is -2.30. The Balaban J connectivity index is 1.45. The van der Waals surface area contributed by atoms with Crippen molar-refractivity contribution in [3.63, 3.8) is 0 Å². The Morgan fingerprint density at radius 2 is 1.66 bits per heavy atom. The standard InChI is InChI=1S/C29H26N4O4S/c1-19-11-13-21(14-12-19)16-25(31-28(35)22-7-4-3-5-8-22)29(36)30-23-9-6-10-24(17-23)38-18-27(34)32-26-15-20(2)37-33-26/h3-17H,18H2,1-2H3,(H,30,36)(H,31,35)(H,32,33,34)/b25-16-. The van der Waals surface area contributed by atoms with Crippen molar-refractivity contribution in [2.45, 2.75) is 18.7 Å². The predicted octanol–water partition coefficient (Wildman–Crippen LogP) is 5.43. The molecule has 4 aromatic rings. The van der Waals surface area contributed by atoms with Crippen LogP contribution < -0.4 is 16.0 Å². The number of anilines is 2. The molecule has 0 radical (unpaired) electrons. The molecule has 9 heteroatoms. The summed E-state index contributed by atoms with van der Waals surface area (Å²) in [6.07, 6.45) is 1.63. The zero-order valence-electron chi connectivity index (χ0n) is 20.9. The highest BCUT2D eigenvalue weighted by atomic mass is 32.2. The number of carbonyl (C=O) groups excluding carboxylic acids is 3. The average molecular weight is 527 g/mol. The fourth-order valence-electron chi connectivity index (χ4n) is 3.39. The van der Waals surface area contributed by atoms with E-state index in [1.807, 2.05) is 43.3 Å². The molecular formula is C29H26N4O4S. The van der Waals surface area contributed by atoms with Gasteiger partial charge in [-0.25, -0.2) is 0 Å². The van der Waals surface area contributed by atoms with Gasteiger partial charge in [-0.15, -0.1) is 11.8 Å². The van der Waals surface area contributed by atoms with Crippen LogP contribution in [0.1, 0.15) is 27.2 Å². The molecule has 0 aliphatic carbocycles. The molecule has 0 saturated carbocycles. The Morgan fingerprint density at radius 3 is 2.37 bits per heavy atom. The molecule has 192 valence electrons. The van der Waals surface area contributed by atoms with Crippen molar-refractivity contribution in [1.29, 1.82) is 0 Å². The molecule has 0 spiro atoms. The van der Waals surface area contributed by atoms with Crippen molar-refractivity contribution >= 4 is 47.1 Å². The van der Waals surface area contributed by atoms with E-state index in [1.165, 1.54) is 11.8 Å². The first-order valence-electron chi connectivity index (χ1n) is 11.8. The van der Waals surface area contributed by atoms with E-state index >= 15 is 0 Å². The lowest BCUT2D eigenvalue weighted by Gasteiger charge is -2.12. The number of amides is 3. The maximum Gasteiger partial charge on any atom is 0.272 e. The van der Waals surface area contributed by atoms with Crippen molar-refractivity contribution in [2.75, 3.05) is 16.4 Å². The lowest BCUT2D eigenvalue weighted by atomic mass is 10.1. The minimum absolute atomic E-state index is 0.100. The smallest absolute Gasteiger partial charge is 0.272 e. The molecule has 0 fully saturated rings. The minimum atomic E-state index is -0.476. The van der Waals surface area contributed by atoms with Gasteiger partial charge in [-0.2, -0.15) is 0 Å². The van der Waals surface area contributed by atoms with Crippen LogP contribution in [-0.2, 0) is 9.59 Å². The molecule has 3 aromatic carbocycles. The van der Waals surface area contributed by atoms with Gasteiger partial charge in [0.05, 0.1) is 5.75 Å². The number of hydrogen-bond acceptors (Lipinski definition) is 6. The number of nitrogens with one attached hydrogen (secondary N) is 3. The number of hydrogen-bond donors (Lipinski definition) is 3. The summed E-state index contributed by atoms with van der Waals surface area (Å²) in [6.45, 7) is 3.72. The van der Waals surface area contributed by atoms with Gasteiger partial charge in [0.15, 0.2) is 5.82 Å². The topological polar surface area (TPSA) is 113 Å². The van der Waals surface area contributed by atoms with Gasteiger partial charge >= 0.3 is 0 Å². The van der Waals surface area contributed by atoms with Crippen molar-refractivity contribution in [1.82, 2.24) is 10.5 Å². The number of thioether (sulfide) groups is 1. The fourth-order valence-corrected chi connectivity index (χ4v) is 4.14. The monoisotopic (exact) mass is 526 g/mol. The van der Waals surface area contributed by atoms with Crippen molar-refractivity contribution in [3.8, 4) is 0 Å². The van der Waals surface area contributed by atoms with Crippen LogP contribution in [0.3, 0.4) is 0 Å². The molecule has 38 heavy (non-hydrogen) atoms. The molecule has 0 aliphatic heterocycles. The second kappa shape index (κ2) is 12.6. The molecule has 0 atom stereocenters. The van der Waals surface area contributed by atoms with Gasteiger partial charge in [0, 0.05) is 22.2 Å². The van der Waals surface area contributed by atoms with Crippen LogP contribution in [0.2, 0.25) is 0 Å². The number of benzene rings is 3. The summed E-state index contributed by atoms with van der Waals surface area (Å²) in [7, 11) is 0. The van der Waals surface area contributed by atoms with Crippen LogP contribution in [0.15, 0.2) is 100 Å². The highest BCUT2D eigenvalue weighted by molar-refractivity contribution is 8.00. The largest absolute Gasteiger partial charge is 0.360 e. The summed E-state index contributed by atoms with van der Waals surface area (Å²) < 4.78 is 4.95. The molecular weight excluding hydrogens is 500 g/mol. The molecule has 0 saturated heterocycles. The van der Waals surface area contributed by atoms with Gasteiger partial charge in [0.2, 0.25) is 5.91 Å². The zero-order chi connectivity index (χ0) is 26.9. The molecule has 1 heterocycles. The average Bonchev–Trinajstić information content (AvgIpc) is 3.33. The number of aromatic nitrogens is 1. The summed E-state index contributed by atoms with van der Waals surface area (Å²) >= 11 is 1.31. The van der Waals surface area contributed by atoms with Crippen LogP contribution in [0.4, 0.5) is 11.5 Å². The maximum atomic E-state index is 13.3. The van der Waals surface area contributed by atoms with Gasteiger partial charge in [-0.1, -0.05) is 59.3 Å². The minimum Gasteiger partial charge on any atom is -0.360 e. The second-order valence-electron chi connectivity index (χ2n) is 8.43. The van der Waals surface area contributed by atoms with Gasteiger partial charge in [-0.05, 0) is 55.8 Å². The first-order chi connectivity index (χ1) is 18.4. The fraction of sp³-hybridized carbons (Fsp3) is 0.103. The van der Waals surface area contributed by atoms with E-state index in [0.29, 0.717) is 22.8 Å². The van der Waals surface area contributed by atoms with Crippen LogP contribution in [0.5, 0.6) is 0 Å². The second-order valence-corrected chi connectivity index (χ2v) is 9.48. The summed E-state index contributed by atoms with van der Waals surface area (Å²) in [4.78, 5) is 39.1. The van der Waals surface area contributed by atoms with Gasteiger partial charge in [-0.3, -0.25) is 14.4 Å². The van der Waals surface area contributed by atoms with Crippen LogP contribution in [-0.4, -0.2) is 28.6 Å². The van der Waals surface area contributed by atoms with E-state index < -0.39 is 11.8 Å². The first-order valence-corrected chi connectivity index (χ1v) is 12.8. The molecule has 0 unspecified atom stereocenters. The van der Waals surface area contributed by atoms with E-state index in [9.17, 15) is 14.4 Å². The van der Waals surface area contributed by atoms with E-state index in [4.69, 9.17) is 4.52 Å². The molecule has 1 aromatic heterocycles. The summed E-state index contributed by atoms with van der Waals surface area (Å²) in [5.74, 6) is 0.0129. The number of rotatable bonds is 9. The van der Waals surface area contributed by atoms with E-state index in [2.05, 4.69) is 21.1 Å². The van der Waals surface area contributed by atoms with Gasteiger partial charge in [0.1, 0.15) is 11.5 Å². The normalized spacial score (nSPS) is 11.1. The Morgan fingerprint density at radius 1 is 0.895 bits per heavy atom. The third kappa shape index (κ3) is 7.68. The Kier molecular flexibility index (Phi) is 8.73. The van der Waals surface area contributed by atoms with Gasteiger partial charge < -0.3 is 20.5 Å². The molecule has 8 nitrogen and oxygen atoms in total. The Bertz CT molecular complexity index is 1460. The molecule has 3 N–H and O–H groups in total. The van der Waals surface area contributed by atoms with Crippen molar-refractivity contribution < 1.29 is 18.9 Å². The van der Waals surface area contributed by atoms with E-state index in [1.54, 1.807) is 61.5 Å². The lowest BCUT2D eigenvalue weighted by molar-refractivity contribution is -0.114. The molecule has 3 amide bonds. The van der Waals surface area contributed by atoms with E-state index in [0.717, 1.165) is 16.0 Å². The number of nitrogens with zero attached hydrogens (tertiary/aromatic N) is 1. The third-order valence-corrected chi connectivity index (χ3v) is 6.27. The Hall–Kier alpha value is -4.63. The summed E-state index contributed by atoms with van der Waals surface area (Å²) in [5.41, 5.74) is 2.92. The van der Waals surface area contributed by atoms with Crippen LogP contribution >= 0.6 is 11.8 Å². The summed E-state index contributed by atoms with van der Waals surface area (Å²) in [6, 6.07) is 25.1.